The first-order valence-corrected chi connectivity index (χ1v) is 13.0. The number of unbranched alkanes of at least 4 members (excludes halogenated alkanes) is 8. The van der Waals surface area contributed by atoms with Crippen LogP contribution >= 0.6 is 0 Å². The fourth-order valence-corrected chi connectivity index (χ4v) is 3.93. The molecule has 0 amide bonds. The zero-order chi connectivity index (χ0) is 26.6. The Balaban J connectivity index is 1.32. The van der Waals surface area contributed by atoms with E-state index < -0.39 is 17.3 Å². The number of halogens is 2. The van der Waals surface area contributed by atoms with E-state index in [1.165, 1.54) is 25.3 Å². The normalized spacial score (nSPS) is 11.3. The van der Waals surface area contributed by atoms with Gasteiger partial charge in [0.05, 0.1) is 24.7 Å². The Morgan fingerprint density at radius 2 is 1.46 bits per heavy atom. The second-order valence-electron chi connectivity index (χ2n) is 9.50. The molecule has 0 atom stereocenters. The number of nitrogens with zero attached hydrogens (tertiary/aromatic N) is 1. The highest BCUT2D eigenvalue weighted by Gasteiger charge is 2.12. The molecule has 3 rings (SSSR count). The summed E-state index contributed by atoms with van der Waals surface area (Å²) in [5, 5.41) is 0.531. The van der Waals surface area contributed by atoms with Gasteiger partial charge >= 0.3 is 11.6 Å². The molecule has 0 unspecified atom stereocenters. The Bertz CT molecular complexity index is 1200. The highest BCUT2D eigenvalue weighted by molar-refractivity contribution is 5.79. The summed E-state index contributed by atoms with van der Waals surface area (Å²) < 4.78 is 43.2. The van der Waals surface area contributed by atoms with Gasteiger partial charge in [0.2, 0.25) is 11.6 Å². The van der Waals surface area contributed by atoms with Crippen LogP contribution in [0, 0.1) is 17.6 Å². The van der Waals surface area contributed by atoms with Crippen LogP contribution in [0.25, 0.3) is 22.2 Å². The average Bonchev–Trinajstić information content (AvgIpc) is 2.85. The maximum Gasteiger partial charge on any atom is 0.345 e. The molecule has 0 N–H and O–H groups in total. The molecular formula is C29H35F2NO5. The van der Waals surface area contributed by atoms with Crippen LogP contribution in [0.15, 0.2) is 45.6 Å². The number of carbonyl (C=O) groups is 1. The molecule has 0 aliphatic rings. The molecule has 37 heavy (non-hydrogen) atoms. The second kappa shape index (κ2) is 14.4. The molecule has 8 heteroatoms. The Morgan fingerprint density at radius 1 is 0.865 bits per heavy atom. The maximum absolute atomic E-state index is 13.5. The highest BCUT2D eigenvalue weighted by Crippen LogP contribution is 2.23. The molecule has 2 heterocycles. The SMILES string of the molecule is CC(C)C(=O)OCCCCCCCCCCCOc1ccc2cc(-c3cc(F)cc(F)c3)c(=O)oc2n1. The van der Waals surface area contributed by atoms with Gasteiger partial charge in [-0.1, -0.05) is 58.8 Å². The van der Waals surface area contributed by atoms with Gasteiger partial charge in [-0.05, 0) is 42.7 Å². The van der Waals surface area contributed by atoms with Crippen molar-refractivity contribution in [3.8, 4) is 17.0 Å². The van der Waals surface area contributed by atoms with E-state index in [1.54, 1.807) is 12.1 Å². The Kier molecular flexibility index (Phi) is 11.0. The van der Waals surface area contributed by atoms with Crippen LogP contribution < -0.4 is 10.4 Å². The van der Waals surface area contributed by atoms with Crippen molar-refractivity contribution < 1.29 is 27.5 Å². The first-order valence-electron chi connectivity index (χ1n) is 13.0. The number of benzene rings is 1. The lowest BCUT2D eigenvalue weighted by atomic mass is 10.1. The fourth-order valence-electron chi connectivity index (χ4n) is 3.93. The van der Waals surface area contributed by atoms with Gasteiger partial charge < -0.3 is 13.9 Å². The van der Waals surface area contributed by atoms with E-state index in [-0.39, 0.29) is 28.7 Å². The number of ether oxygens (including phenoxy) is 2. The summed E-state index contributed by atoms with van der Waals surface area (Å²) in [6.45, 7) is 4.71. The van der Waals surface area contributed by atoms with Crippen molar-refractivity contribution in [1.29, 1.82) is 0 Å². The maximum atomic E-state index is 13.5. The van der Waals surface area contributed by atoms with E-state index in [2.05, 4.69) is 4.98 Å². The van der Waals surface area contributed by atoms with Crippen LogP contribution in [0.3, 0.4) is 0 Å². The standard InChI is InChI=1S/C29H35F2NO5/c1-20(2)28(33)36-15-11-9-7-5-3-4-6-8-10-14-35-26-13-12-21-18-25(29(34)37-27(21)32-26)22-16-23(30)19-24(31)17-22/h12-13,16-20H,3-11,14-15H2,1-2H3. The third-order valence-corrected chi connectivity index (χ3v) is 6.00. The van der Waals surface area contributed by atoms with Gasteiger partial charge in [0.1, 0.15) is 11.6 Å². The Hall–Kier alpha value is -3.29. The van der Waals surface area contributed by atoms with Crippen LogP contribution in [0.5, 0.6) is 5.88 Å². The predicted octanol–water partition coefficient (Wildman–Crippen LogP) is 7.22. The van der Waals surface area contributed by atoms with Crippen LogP contribution in [-0.4, -0.2) is 24.2 Å². The molecule has 6 nitrogen and oxygen atoms in total. The third kappa shape index (κ3) is 9.26. The topological polar surface area (TPSA) is 78.6 Å². The number of carbonyl (C=O) groups excluding carboxylic acids is 1. The predicted molar refractivity (Wildman–Crippen MR) is 138 cm³/mol. The zero-order valence-corrected chi connectivity index (χ0v) is 21.6. The van der Waals surface area contributed by atoms with Gasteiger partial charge in [-0.2, -0.15) is 4.98 Å². The summed E-state index contributed by atoms with van der Waals surface area (Å²) in [6.07, 6.45) is 9.83. The van der Waals surface area contributed by atoms with Crippen molar-refractivity contribution >= 4 is 17.1 Å². The van der Waals surface area contributed by atoms with Crippen LogP contribution in [0.2, 0.25) is 0 Å². The molecule has 0 radical (unpaired) electrons. The molecule has 0 saturated heterocycles. The van der Waals surface area contributed by atoms with Crippen LogP contribution in [0.1, 0.15) is 71.6 Å². The minimum absolute atomic E-state index is 0.0614. The average molecular weight is 516 g/mol. The summed E-state index contributed by atoms with van der Waals surface area (Å²) in [4.78, 5) is 28.0. The lowest BCUT2D eigenvalue weighted by molar-refractivity contribution is -0.147. The van der Waals surface area contributed by atoms with E-state index in [1.807, 2.05) is 13.8 Å². The number of aromatic nitrogens is 1. The van der Waals surface area contributed by atoms with E-state index in [9.17, 15) is 18.4 Å². The summed E-state index contributed by atoms with van der Waals surface area (Å²) in [7, 11) is 0. The lowest BCUT2D eigenvalue weighted by Crippen LogP contribution is -2.12. The van der Waals surface area contributed by atoms with Crippen molar-refractivity contribution in [2.24, 2.45) is 5.92 Å². The molecule has 0 fully saturated rings. The number of rotatable bonds is 15. The van der Waals surface area contributed by atoms with E-state index in [0.29, 0.717) is 24.5 Å². The third-order valence-electron chi connectivity index (χ3n) is 6.00. The van der Waals surface area contributed by atoms with Crippen molar-refractivity contribution in [1.82, 2.24) is 4.98 Å². The fraction of sp³-hybridized carbons (Fsp3) is 0.483. The molecule has 3 aromatic rings. The zero-order valence-electron chi connectivity index (χ0n) is 21.6. The summed E-state index contributed by atoms with van der Waals surface area (Å²) in [6, 6.07) is 7.81. The number of pyridine rings is 1. The second-order valence-corrected chi connectivity index (χ2v) is 9.50. The molecule has 2 aromatic heterocycles. The largest absolute Gasteiger partial charge is 0.478 e. The smallest absolute Gasteiger partial charge is 0.345 e. The van der Waals surface area contributed by atoms with Gasteiger partial charge in [-0.3, -0.25) is 4.79 Å². The first kappa shape index (κ1) is 28.3. The minimum atomic E-state index is -0.769. The Morgan fingerprint density at radius 3 is 2.08 bits per heavy atom. The Labute approximate surface area is 216 Å². The molecular weight excluding hydrogens is 480 g/mol. The lowest BCUT2D eigenvalue weighted by Gasteiger charge is -2.07. The monoisotopic (exact) mass is 515 g/mol. The van der Waals surface area contributed by atoms with Gasteiger partial charge in [0.15, 0.2) is 0 Å². The van der Waals surface area contributed by atoms with E-state index >= 15 is 0 Å². The highest BCUT2D eigenvalue weighted by atomic mass is 19.1. The van der Waals surface area contributed by atoms with Gasteiger partial charge in [-0.25, -0.2) is 13.6 Å². The quantitative estimate of drug-likeness (QED) is 0.157. The van der Waals surface area contributed by atoms with E-state index in [4.69, 9.17) is 13.9 Å². The molecule has 200 valence electrons. The van der Waals surface area contributed by atoms with Crippen molar-refractivity contribution in [2.75, 3.05) is 13.2 Å². The molecule has 0 saturated carbocycles. The van der Waals surface area contributed by atoms with Crippen molar-refractivity contribution in [3.63, 3.8) is 0 Å². The number of fused-ring (bicyclic) bond motifs is 1. The molecule has 0 bridgehead atoms. The van der Waals surface area contributed by atoms with Gasteiger partial charge in [0.25, 0.3) is 0 Å². The minimum Gasteiger partial charge on any atom is -0.478 e. The molecule has 1 aromatic carbocycles. The van der Waals surface area contributed by atoms with Crippen LogP contribution in [0.4, 0.5) is 8.78 Å². The number of hydrogen-bond acceptors (Lipinski definition) is 6. The number of esters is 1. The number of hydrogen-bond donors (Lipinski definition) is 0. The summed E-state index contributed by atoms with van der Waals surface area (Å²) >= 11 is 0. The van der Waals surface area contributed by atoms with Crippen LogP contribution in [-0.2, 0) is 9.53 Å². The molecule has 0 aliphatic heterocycles. The molecule has 0 aliphatic carbocycles. The summed E-state index contributed by atoms with van der Waals surface area (Å²) in [5.74, 6) is -1.36. The van der Waals surface area contributed by atoms with Gasteiger partial charge in [0, 0.05) is 17.5 Å². The summed E-state index contributed by atoms with van der Waals surface area (Å²) in [5.41, 5.74) is -0.440. The van der Waals surface area contributed by atoms with E-state index in [0.717, 1.165) is 56.7 Å². The van der Waals surface area contributed by atoms with Gasteiger partial charge in [-0.15, -0.1) is 0 Å². The van der Waals surface area contributed by atoms with Crippen molar-refractivity contribution in [3.05, 3.63) is 58.5 Å². The molecule has 0 spiro atoms. The van der Waals surface area contributed by atoms with Crippen molar-refractivity contribution in [2.45, 2.75) is 71.6 Å². The first-order chi connectivity index (χ1) is 17.8.